The second-order valence-corrected chi connectivity index (χ2v) is 6.60. The summed E-state index contributed by atoms with van der Waals surface area (Å²) in [5.74, 6) is -0.470. The molecule has 0 fully saturated rings. The average molecular weight is 317 g/mol. The summed E-state index contributed by atoms with van der Waals surface area (Å²) >= 11 is 0. The molecule has 1 rings (SSSR count). The molecule has 0 saturated heterocycles. The van der Waals surface area contributed by atoms with E-state index in [-0.39, 0.29) is 24.0 Å². The zero-order valence-corrected chi connectivity index (χ0v) is 13.3. The van der Waals surface area contributed by atoms with E-state index in [1.54, 1.807) is 27.9 Å². The summed E-state index contributed by atoms with van der Waals surface area (Å²) in [6, 6.07) is 2.05. The molecule has 0 aliphatic heterocycles. The molecule has 0 saturated carbocycles. The van der Waals surface area contributed by atoms with Crippen molar-refractivity contribution < 1.29 is 17.6 Å². The molecule has 6 nitrogen and oxygen atoms in total. The van der Waals surface area contributed by atoms with Gasteiger partial charge in [0.15, 0.2) is 0 Å². The van der Waals surface area contributed by atoms with Gasteiger partial charge in [0, 0.05) is 27.2 Å². The number of sulfonamides is 1. The van der Waals surface area contributed by atoms with Crippen LogP contribution in [0.25, 0.3) is 0 Å². The Hall–Kier alpha value is -1.67. The molecule has 0 aromatic heterocycles. The molecule has 0 aliphatic rings. The third-order valence-corrected chi connectivity index (χ3v) is 4.56. The van der Waals surface area contributed by atoms with Gasteiger partial charge in [0.1, 0.15) is 5.82 Å². The molecule has 8 heteroatoms. The maximum atomic E-state index is 13.2. The summed E-state index contributed by atoms with van der Waals surface area (Å²) < 4.78 is 40.0. The maximum absolute atomic E-state index is 13.2. The first-order chi connectivity index (χ1) is 9.65. The average Bonchev–Trinajstić information content (AvgIpc) is 2.32. The Kier molecular flexibility index (Phi) is 5.68. The van der Waals surface area contributed by atoms with Crippen LogP contribution in [0.5, 0.6) is 0 Å². The largest absolute Gasteiger partial charge is 0.337 e. The van der Waals surface area contributed by atoms with Crippen molar-refractivity contribution in [3.63, 3.8) is 0 Å². The minimum atomic E-state index is -3.74. The Morgan fingerprint density at radius 2 is 1.71 bits per heavy atom. The number of halogens is 1. The van der Waals surface area contributed by atoms with E-state index >= 15 is 0 Å². The molecule has 0 unspecified atom stereocenters. The summed E-state index contributed by atoms with van der Waals surface area (Å²) in [4.78, 5) is 12.7. The van der Waals surface area contributed by atoms with Crippen LogP contribution >= 0.6 is 0 Å². The van der Waals surface area contributed by atoms with Gasteiger partial charge in [-0.1, -0.05) is 0 Å². The Labute approximate surface area is 124 Å². The number of nitrogens with one attached hydrogen (secondary N) is 2. The van der Waals surface area contributed by atoms with Gasteiger partial charge in [-0.2, -0.15) is 0 Å². The van der Waals surface area contributed by atoms with Crippen LogP contribution in [0.15, 0.2) is 17.0 Å². The zero-order chi connectivity index (χ0) is 16.2. The first-order valence-electron chi connectivity index (χ1n) is 6.36. The van der Waals surface area contributed by atoms with Crippen LogP contribution < -0.4 is 10.0 Å². The molecule has 2 amide bonds. The van der Waals surface area contributed by atoms with E-state index in [2.05, 4.69) is 10.0 Å². The third kappa shape index (κ3) is 4.68. The number of hydrogen-bond donors (Lipinski definition) is 2. The van der Waals surface area contributed by atoms with Crippen molar-refractivity contribution in [1.82, 2.24) is 14.9 Å². The van der Waals surface area contributed by atoms with Gasteiger partial charge in [-0.3, -0.25) is 0 Å². The fraction of sp³-hybridized carbons (Fsp3) is 0.462. The Morgan fingerprint density at radius 3 is 2.19 bits per heavy atom. The molecule has 0 atom stereocenters. The van der Waals surface area contributed by atoms with E-state index in [0.717, 1.165) is 0 Å². The monoisotopic (exact) mass is 317 g/mol. The van der Waals surface area contributed by atoms with Crippen LogP contribution in [0.4, 0.5) is 9.18 Å². The molecule has 0 spiro atoms. The van der Waals surface area contributed by atoms with Crippen LogP contribution in [0.3, 0.4) is 0 Å². The standard InChI is InChI=1S/C13H20FN3O3S/c1-9-7-11(14)8-10(2)12(9)21(19,20)16-6-5-15-13(18)17(3)4/h7-8,16H,5-6H2,1-4H3,(H,15,18). The van der Waals surface area contributed by atoms with E-state index in [0.29, 0.717) is 11.1 Å². The molecule has 0 heterocycles. The fourth-order valence-corrected chi connectivity index (χ4v) is 3.39. The van der Waals surface area contributed by atoms with Gasteiger partial charge in [-0.25, -0.2) is 22.3 Å². The molecule has 1 aromatic rings. The summed E-state index contributed by atoms with van der Waals surface area (Å²) in [6.45, 7) is 3.30. The van der Waals surface area contributed by atoms with Gasteiger partial charge in [0.25, 0.3) is 0 Å². The van der Waals surface area contributed by atoms with Gasteiger partial charge in [0.2, 0.25) is 10.0 Å². The van der Waals surface area contributed by atoms with Crippen molar-refractivity contribution in [2.45, 2.75) is 18.7 Å². The second kappa shape index (κ2) is 6.86. The highest BCUT2D eigenvalue weighted by molar-refractivity contribution is 7.89. The molecule has 21 heavy (non-hydrogen) atoms. The van der Waals surface area contributed by atoms with Crippen LogP contribution in [-0.2, 0) is 10.0 Å². The molecule has 0 aliphatic carbocycles. The van der Waals surface area contributed by atoms with Crippen molar-refractivity contribution in [1.29, 1.82) is 0 Å². The summed E-state index contributed by atoms with van der Waals surface area (Å²) in [5.41, 5.74) is 0.689. The number of carbonyl (C=O) groups excluding carboxylic acids is 1. The van der Waals surface area contributed by atoms with E-state index in [9.17, 15) is 17.6 Å². The highest BCUT2D eigenvalue weighted by Gasteiger charge is 2.19. The lowest BCUT2D eigenvalue weighted by Gasteiger charge is -2.14. The van der Waals surface area contributed by atoms with Gasteiger partial charge in [0.05, 0.1) is 4.90 Å². The predicted molar refractivity (Wildman–Crippen MR) is 78.1 cm³/mol. The van der Waals surface area contributed by atoms with Crippen molar-refractivity contribution in [2.75, 3.05) is 27.2 Å². The second-order valence-electron chi connectivity index (χ2n) is 4.89. The van der Waals surface area contributed by atoms with Crippen LogP contribution in [0, 0.1) is 19.7 Å². The number of hydrogen-bond acceptors (Lipinski definition) is 3. The molecule has 0 bridgehead atoms. The van der Waals surface area contributed by atoms with Crippen molar-refractivity contribution in [2.24, 2.45) is 0 Å². The summed E-state index contributed by atoms with van der Waals surface area (Å²) in [5, 5.41) is 2.54. The Bertz CT molecular complexity index is 607. The van der Waals surface area contributed by atoms with Crippen LogP contribution in [-0.4, -0.2) is 46.5 Å². The maximum Gasteiger partial charge on any atom is 0.316 e. The molecular formula is C13H20FN3O3S. The van der Waals surface area contributed by atoms with E-state index in [1.165, 1.54) is 17.0 Å². The highest BCUT2D eigenvalue weighted by atomic mass is 32.2. The van der Waals surface area contributed by atoms with Crippen molar-refractivity contribution in [3.8, 4) is 0 Å². The van der Waals surface area contributed by atoms with Gasteiger partial charge < -0.3 is 10.2 Å². The Morgan fingerprint density at radius 1 is 1.19 bits per heavy atom. The number of urea groups is 1. The lowest BCUT2D eigenvalue weighted by molar-refractivity contribution is 0.217. The fourth-order valence-electron chi connectivity index (χ4n) is 1.91. The first kappa shape index (κ1) is 17.4. The summed E-state index contributed by atoms with van der Waals surface area (Å²) in [6.07, 6.45) is 0. The van der Waals surface area contributed by atoms with Crippen molar-refractivity contribution >= 4 is 16.1 Å². The molecule has 118 valence electrons. The lowest BCUT2D eigenvalue weighted by Crippen LogP contribution is -2.39. The minimum Gasteiger partial charge on any atom is -0.337 e. The van der Waals surface area contributed by atoms with E-state index < -0.39 is 15.8 Å². The topological polar surface area (TPSA) is 78.5 Å². The number of amides is 2. The normalized spacial score (nSPS) is 11.3. The van der Waals surface area contributed by atoms with Gasteiger partial charge in [-0.15, -0.1) is 0 Å². The van der Waals surface area contributed by atoms with Gasteiger partial charge in [-0.05, 0) is 37.1 Å². The Balaban J connectivity index is 2.73. The SMILES string of the molecule is Cc1cc(F)cc(C)c1S(=O)(=O)NCCNC(=O)N(C)C. The first-order valence-corrected chi connectivity index (χ1v) is 7.85. The number of benzene rings is 1. The van der Waals surface area contributed by atoms with Gasteiger partial charge >= 0.3 is 6.03 Å². The van der Waals surface area contributed by atoms with Crippen LogP contribution in [0.2, 0.25) is 0 Å². The smallest absolute Gasteiger partial charge is 0.316 e. The van der Waals surface area contributed by atoms with Crippen molar-refractivity contribution in [3.05, 3.63) is 29.1 Å². The number of rotatable bonds is 5. The highest BCUT2D eigenvalue weighted by Crippen LogP contribution is 2.20. The zero-order valence-electron chi connectivity index (χ0n) is 12.5. The van der Waals surface area contributed by atoms with Crippen LogP contribution in [0.1, 0.15) is 11.1 Å². The number of nitrogens with zero attached hydrogens (tertiary/aromatic N) is 1. The molecule has 2 N–H and O–H groups in total. The quantitative estimate of drug-likeness (QED) is 0.795. The van der Waals surface area contributed by atoms with E-state index in [1.807, 2.05) is 0 Å². The number of aryl methyl sites for hydroxylation is 2. The van der Waals surface area contributed by atoms with E-state index in [4.69, 9.17) is 0 Å². The molecule has 1 aromatic carbocycles. The number of carbonyl (C=O) groups is 1. The predicted octanol–water partition coefficient (Wildman–Crippen LogP) is 0.992. The third-order valence-electron chi connectivity index (χ3n) is 2.79. The molecular weight excluding hydrogens is 297 g/mol. The minimum absolute atomic E-state index is 0.0537. The lowest BCUT2D eigenvalue weighted by atomic mass is 10.1. The summed E-state index contributed by atoms with van der Waals surface area (Å²) in [7, 11) is -0.562. The molecule has 0 radical (unpaired) electrons.